The van der Waals surface area contributed by atoms with Gasteiger partial charge in [-0.15, -0.1) is 0 Å². The van der Waals surface area contributed by atoms with Crippen molar-refractivity contribution in [3.8, 4) is 0 Å². The van der Waals surface area contributed by atoms with Crippen LogP contribution in [0.15, 0.2) is 11.6 Å². The van der Waals surface area contributed by atoms with Crippen LogP contribution in [0.5, 0.6) is 0 Å². The second-order valence-corrected chi connectivity index (χ2v) is 9.90. The van der Waals surface area contributed by atoms with Gasteiger partial charge in [-0.05, 0) is 74.7 Å². The van der Waals surface area contributed by atoms with E-state index in [4.69, 9.17) is 4.74 Å². The standard InChI is InChI=1S/C23H34O3/c1-14(26-15(2)24)18-10-11-19-17-9-8-16-7-5-6-12-22(16,3)20(17)13-21(25)23(18,19)4/h13-14,16-19H,5-12H2,1-4H3. The molecule has 4 rings (SSSR count). The zero-order valence-electron chi connectivity index (χ0n) is 16.8. The van der Waals surface area contributed by atoms with Gasteiger partial charge in [0.1, 0.15) is 6.10 Å². The molecule has 4 aliphatic carbocycles. The van der Waals surface area contributed by atoms with Gasteiger partial charge >= 0.3 is 5.97 Å². The number of allylic oxidation sites excluding steroid dienone is 2. The van der Waals surface area contributed by atoms with Gasteiger partial charge < -0.3 is 4.74 Å². The molecule has 0 aromatic heterocycles. The summed E-state index contributed by atoms with van der Waals surface area (Å²) in [6.45, 7) is 8.06. The van der Waals surface area contributed by atoms with Gasteiger partial charge in [0.2, 0.25) is 0 Å². The van der Waals surface area contributed by atoms with E-state index < -0.39 is 0 Å². The Labute approximate surface area is 157 Å². The molecule has 0 amide bonds. The number of hydrogen-bond acceptors (Lipinski definition) is 3. The highest BCUT2D eigenvalue weighted by molar-refractivity contribution is 5.97. The van der Waals surface area contributed by atoms with Gasteiger partial charge in [0.15, 0.2) is 5.78 Å². The molecule has 0 N–H and O–H groups in total. The minimum absolute atomic E-state index is 0.151. The summed E-state index contributed by atoms with van der Waals surface area (Å²) in [7, 11) is 0. The van der Waals surface area contributed by atoms with Crippen LogP contribution >= 0.6 is 0 Å². The Morgan fingerprint density at radius 3 is 2.65 bits per heavy atom. The van der Waals surface area contributed by atoms with Gasteiger partial charge in [-0.2, -0.15) is 0 Å². The molecule has 144 valence electrons. The second kappa shape index (κ2) is 6.21. The summed E-state index contributed by atoms with van der Waals surface area (Å²) in [5.41, 5.74) is 1.38. The van der Waals surface area contributed by atoms with Gasteiger partial charge in [0, 0.05) is 18.3 Å². The molecule has 0 radical (unpaired) electrons. The van der Waals surface area contributed by atoms with Gasteiger partial charge in [0.25, 0.3) is 0 Å². The quantitative estimate of drug-likeness (QED) is 0.646. The van der Waals surface area contributed by atoms with Crippen molar-refractivity contribution in [2.45, 2.75) is 85.2 Å². The molecule has 3 fully saturated rings. The van der Waals surface area contributed by atoms with Crippen molar-refractivity contribution >= 4 is 11.8 Å². The van der Waals surface area contributed by atoms with E-state index in [1.54, 1.807) is 0 Å². The molecular weight excluding hydrogens is 324 g/mol. The van der Waals surface area contributed by atoms with Crippen LogP contribution in [-0.2, 0) is 14.3 Å². The zero-order valence-corrected chi connectivity index (χ0v) is 16.8. The predicted molar refractivity (Wildman–Crippen MR) is 101 cm³/mol. The number of fused-ring (bicyclic) bond motifs is 5. The predicted octanol–water partition coefficient (Wildman–Crippen LogP) is 5.09. The summed E-state index contributed by atoms with van der Waals surface area (Å²) in [5.74, 6) is 1.98. The van der Waals surface area contributed by atoms with Crippen molar-refractivity contribution < 1.29 is 14.3 Å². The van der Waals surface area contributed by atoms with Gasteiger partial charge in [-0.3, -0.25) is 9.59 Å². The average molecular weight is 359 g/mol. The Balaban J connectivity index is 1.69. The van der Waals surface area contributed by atoms with Crippen LogP contribution in [0.25, 0.3) is 0 Å². The first-order valence-corrected chi connectivity index (χ1v) is 10.7. The Morgan fingerprint density at radius 1 is 1.15 bits per heavy atom. The van der Waals surface area contributed by atoms with Crippen molar-refractivity contribution in [1.29, 1.82) is 0 Å². The minimum Gasteiger partial charge on any atom is -0.463 e. The summed E-state index contributed by atoms with van der Waals surface area (Å²) in [6.07, 6.45) is 11.8. The van der Waals surface area contributed by atoms with E-state index in [0.29, 0.717) is 17.6 Å². The third-order valence-corrected chi connectivity index (χ3v) is 8.84. The first kappa shape index (κ1) is 18.3. The fourth-order valence-electron chi connectivity index (χ4n) is 7.48. The highest BCUT2D eigenvalue weighted by Gasteiger charge is 2.61. The minimum atomic E-state index is -0.360. The van der Waals surface area contributed by atoms with Crippen LogP contribution in [-0.4, -0.2) is 17.9 Å². The number of carbonyl (C=O) groups is 2. The third-order valence-electron chi connectivity index (χ3n) is 8.84. The normalized spacial score (nSPS) is 45.8. The molecule has 4 aliphatic rings. The first-order valence-electron chi connectivity index (χ1n) is 10.7. The third kappa shape index (κ3) is 2.45. The Bertz CT molecular complexity index is 650. The van der Waals surface area contributed by atoms with Crippen LogP contribution in [0.4, 0.5) is 0 Å². The highest BCUT2D eigenvalue weighted by Crippen LogP contribution is 2.64. The molecule has 0 heterocycles. The fourth-order valence-corrected chi connectivity index (χ4v) is 7.48. The Morgan fingerprint density at radius 2 is 1.92 bits per heavy atom. The van der Waals surface area contributed by atoms with E-state index in [-0.39, 0.29) is 28.8 Å². The monoisotopic (exact) mass is 358 g/mol. The zero-order chi connectivity index (χ0) is 18.7. The molecule has 7 unspecified atom stereocenters. The van der Waals surface area contributed by atoms with E-state index in [0.717, 1.165) is 18.8 Å². The number of hydrogen-bond donors (Lipinski definition) is 0. The molecule has 26 heavy (non-hydrogen) atoms. The molecular formula is C23H34O3. The SMILES string of the molecule is CC(=O)OC(C)C1CCC2C3CCC4CCCCC4(C)C3=CC(=O)C12C. The van der Waals surface area contributed by atoms with Crippen molar-refractivity contribution in [2.75, 3.05) is 0 Å². The summed E-state index contributed by atoms with van der Waals surface area (Å²) < 4.78 is 5.53. The maximum Gasteiger partial charge on any atom is 0.302 e. The topological polar surface area (TPSA) is 43.4 Å². The van der Waals surface area contributed by atoms with Crippen LogP contribution in [0.1, 0.15) is 79.1 Å². The van der Waals surface area contributed by atoms with Gasteiger partial charge in [0.05, 0.1) is 0 Å². The van der Waals surface area contributed by atoms with Crippen molar-refractivity contribution in [3.05, 3.63) is 11.6 Å². The molecule has 0 spiro atoms. The lowest BCUT2D eigenvalue weighted by Crippen LogP contribution is -2.51. The largest absolute Gasteiger partial charge is 0.463 e. The molecule has 7 atom stereocenters. The smallest absolute Gasteiger partial charge is 0.302 e. The molecule has 0 aliphatic heterocycles. The van der Waals surface area contributed by atoms with Crippen molar-refractivity contribution in [1.82, 2.24) is 0 Å². The van der Waals surface area contributed by atoms with E-state index in [9.17, 15) is 9.59 Å². The van der Waals surface area contributed by atoms with E-state index in [1.807, 2.05) is 6.92 Å². The number of rotatable bonds is 2. The molecule has 3 heteroatoms. The lowest BCUT2D eigenvalue weighted by molar-refractivity contribution is -0.153. The summed E-state index contributed by atoms with van der Waals surface area (Å²) in [6, 6.07) is 0. The number of ketones is 1. The van der Waals surface area contributed by atoms with E-state index in [1.165, 1.54) is 51.0 Å². The van der Waals surface area contributed by atoms with Gasteiger partial charge in [-0.25, -0.2) is 0 Å². The summed E-state index contributed by atoms with van der Waals surface area (Å²) >= 11 is 0. The highest BCUT2D eigenvalue weighted by atomic mass is 16.5. The lowest BCUT2D eigenvalue weighted by atomic mass is 9.48. The van der Waals surface area contributed by atoms with Crippen LogP contribution in [0.2, 0.25) is 0 Å². The van der Waals surface area contributed by atoms with E-state index >= 15 is 0 Å². The molecule has 3 nitrogen and oxygen atoms in total. The van der Waals surface area contributed by atoms with E-state index in [2.05, 4.69) is 19.9 Å². The Hall–Kier alpha value is -1.12. The van der Waals surface area contributed by atoms with Crippen LogP contribution in [0, 0.1) is 34.5 Å². The fraction of sp³-hybridized carbons (Fsp3) is 0.826. The number of carbonyl (C=O) groups excluding carboxylic acids is 2. The van der Waals surface area contributed by atoms with Crippen molar-refractivity contribution in [3.63, 3.8) is 0 Å². The van der Waals surface area contributed by atoms with Crippen LogP contribution < -0.4 is 0 Å². The second-order valence-electron chi connectivity index (χ2n) is 9.90. The summed E-state index contributed by atoms with van der Waals surface area (Å²) in [4.78, 5) is 24.9. The average Bonchev–Trinajstić information content (AvgIpc) is 2.94. The van der Waals surface area contributed by atoms with Crippen LogP contribution in [0.3, 0.4) is 0 Å². The lowest BCUT2D eigenvalue weighted by Gasteiger charge is -2.55. The maximum absolute atomic E-state index is 13.5. The van der Waals surface area contributed by atoms with Gasteiger partial charge in [-0.1, -0.05) is 32.3 Å². The molecule has 0 aromatic rings. The number of esters is 1. The summed E-state index contributed by atoms with van der Waals surface area (Å²) in [5, 5.41) is 0. The Kier molecular flexibility index (Phi) is 4.36. The first-order chi connectivity index (χ1) is 12.3. The maximum atomic E-state index is 13.5. The molecule has 3 saturated carbocycles. The molecule has 0 bridgehead atoms. The number of ether oxygens (including phenoxy) is 1. The van der Waals surface area contributed by atoms with Crippen molar-refractivity contribution in [2.24, 2.45) is 34.5 Å². The molecule has 0 saturated heterocycles. The molecule has 0 aromatic carbocycles.